The Labute approximate surface area is 328 Å². The Balaban J connectivity index is 1.37. The van der Waals surface area contributed by atoms with Gasteiger partial charge in [-0.3, -0.25) is 14.4 Å². The van der Waals surface area contributed by atoms with Crippen molar-refractivity contribution < 1.29 is 42.2 Å². The molecule has 1 aliphatic heterocycles. The van der Waals surface area contributed by atoms with Gasteiger partial charge in [-0.25, -0.2) is 23.2 Å². The van der Waals surface area contributed by atoms with Gasteiger partial charge in [-0.2, -0.15) is 4.72 Å². The fourth-order valence-electron chi connectivity index (χ4n) is 6.84. The number of sulfonamides is 1. The molecule has 0 radical (unpaired) electrons. The summed E-state index contributed by atoms with van der Waals surface area (Å²) in [6, 6.07) is 14.0. The third kappa shape index (κ3) is 8.10. The number of anilines is 1. The van der Waals surface area contributed by atoms with Crippen molar-refractivity contribution in [3.05, 3.63) is 72.9 Å². The molecule has 5 atom stereocenters. The van der Waals surface area contributed by atoms with E-state index in [1.165, 1.54) is 24.8 Å². The second kappa shape index (κ2) is 15.3. The zero-order chi connectivity index (χ0) is 40.7. The maximum Gasteiger partial charge on any atom is 0.330 e. The number of methoxy groups -OCH3 is 1. The van der Waals surface area contributed by atoms with Gasteiger partial charge in [0.1, 0.15) is 35.2 Å². The highest BCUT2D eigenvalue weighted by Crippen LogP contribution is 2.45. The van der Waals surface area contributed by atoms with Crippen LogP contribution in [0.3, 0.4) is 0 Å². The Morgan fingerprint density at radius 3 is 2.43 bits per heavy atom. The number of hydrogen-bond donors (Lipinski definition) is 4. The number of carboxylic acid groups (broad SMARTS) is 1. The number of hydrogen-bond acceptors (Lipinski definition) is 11. The number of nitrogens with one attached hydrogen (secondary N) is 3. The van der Waals surface area contributed by atoms with E-state index in [9.17, 15) is 32.7 Å². The first kappa shape index (κ1) is 40.3. The predicted molar refractivity (Wildman–Crippen MR) is 210 cm³/mol. The average Bonchev–Trinajstić information content (AvgIpc) is 3.49. The van der Waals surface area contributed by atoms with Crippen molar-refractivity contribution in [2.24, 2.45) is 11.3 Å². The highest BCUT2D eigenvalue weighted by molar-refractivity contribution is 7.91. The van der Waals surface area contributed by atoms with Crippen LogP contribution in [0, 0.1) is 18.3 Å². The van der Waals surface area contributed by atoms with E-state index in [1.54, 1.807) is 52.1 Å². The molecular weight excluding hydrogens is 761 g/mol. The molecule has 2 aromatic heterocycles. The summed E-state index contributed by atoms with van der Waals surface area (Å²) < 4.78 is 42.2. The molecule has 1 saturated carbocycles. The Kier molecular flexibility index (Phi) is 11.0. The third-order valence-electron chi connectivity index (χ3n) is 9.88. The Morgan fingerprint density at radius 1 is 1.11 bits per heavy atom. The molecule has 6 rings (SSSR count). The summed E-state index contributed by atoms with van der Waals surface area (Å²) >= 11 is 0.740. The lowest BCUT2D eigenvalue weighted by Crippen LogP contribution is -2.59. The van der Waals surface area contributed by atoms with Crippen molar-refractivity contribution in [1.29, 1.82) is 0 Å². The number of rotatable bonds is 13. The monoisotopic (exact) mass is 804 g/mol. The fourth-order valence-corrected chi connectivity index (χ4v) is 9.71. The van der Waals surface area contributed by atoms with Crippen LogP contribution < -0.4 is 24.8 Å². The lowest BCUT2D eigenvalue weighted by molar-refractivity contribution is -0.146. The van der Waals surface area contributed by atoms with Gasteiger partial charge in [0.25, 0.3) is 10.0 Å². The van der Waals surface area contributed by atoms with E-state index in [1.807, 2.05) is 30.3 Å². The number of pyridine rings is 1. The van der Waals surface area contributed by atoms with Gasteiger partial charge in [0.2, 0.25) is 17.7 Å². The summed E-state index contributed by atoms with van der Waals surface area (Å²) in [6.07, 6.45) is 0.771. The van der Waals surface area contributed by atoms with Gasteiger partial charge in [-0.15, -0.1) is 6.58 Å². The summed E-state index contributed by atoms with van der Waals surface area (Å²) in [7, 11) is -2.84. The largest absolute Gasteiger partial charge is 0.497 e. The number of likely N-dealkylation sites (tertiary alicyclic amines) is 1. The van der Waals surface area contributed by atoms with Crippen molar-refractivity contribution in [2.45, 2.75) is 75.4 Å². The van der Waals surface area contributed by atoms with Gasteiger partial charge in [-0.1, -0.05) is 68.5 Å². The summed E-state index contributed by atoms with van der Waals surface area (Å²) in [4.78, 5) is 63.2. The number of fused-ring (bicyclic) bond motifs is 1. The SMILES string of the molecule is C=C[C@H]1CC1(NC(=O)[C@@H]1C[C@@H](Oc2cc(-c3ccccc3)nc3cc(OC)ccc23)CN1C(=O)[C@@H](NS(=O)(=O)c1sc(NC(C)=O)nc1C)C(C)(C)C)C(=O)O. The van der Waals surface area contributed by atoms with Gasteiger partial charge in [0.15, 0.2) is 9.34 Å². The number of ether oxygens (including phenoxy) is 2. The minimum Gasteiger partial charge on any atom is -0.497 e. The second-order valence-corrected chi connectivity index (χ2v) is 18.0. The Hall–Kier alpha value is -5.39. The number of carbonyl (C=O) groups excluding carboxylic acids is 3. The zero-order valence-corrected chi connectivity index (χ0v) is 33.4. The molecule has 4 aromatic rings. The lowest BCUT2D eigenvalue weighted by atomic mass is 9.86. The molecular formula is C39H44N6O9S2. The predicted octanol–water partition coefficient (Wildman–Crippen LogP) is 4.52. The number of aromatic nitrogens is 2. The number of amides is 3. The van der Waals surface area contributed by atoms with E-state index in [2.05, 4.69) is 26.9 Å². The number of nitrogens with zero attached hydrogens (tertiary/aromatic N) is 3. The highest BCUT2D eigenvalue weighted by Gasteiger charge is 2.61. The molecule has 4 N–H and O–H groups in total. The molecule has 2 aliphatic rings. The first-order chi connectivity index (χ1) is 26.4. The highest BCUT2D eigenvalue weighted by atomic mass is 32.2. The second-order valence-electron chi connectivity index (χ2n) is 15.0. The quantitative estimate of drug-likeness (QED) is 0.138. The Morgan fingerprint density at radius 2 is 1.82 bits per heavy atom. The molecule has 3 amide bonds. The van der Waals surface area contributed by atoms with Crippen LogP contribution in [-0.4, -0.2) is 89.5 Å². The number of aryl methyl sites for hydroxylation is 1. The van der Waals surface area contributed by atoms with Crippen LogP contribution in [0.2, 0.25) is 0 Å². The van der Waals surface area contributed by atoms with Gasteiger partial charge >= 0.3 is 5.97 Å². The molecule has 2 aromatic carbocycles. The van der Waals surface area contributed by atoms with E-state index in [0.717, 1.165) is 16.9 Å². The van der Waals surface area contributed by atoms with Crippen molar-refractivity contribution in [2.75, 3.05) is 19.0 Å². The van der Waals surface area contributed by atoms with Crippen LogP contribution in [0.5, 0.6) is 11.5 Å². The van der Waals surface area contributed by atoms with Gasteiger partial charge < -0.3 is 30.1 Å². The summed E-state index contributed by atoms with van der Waals surface area (Å²) in [5, 5.41) is 16.0. The number of thiazole rings is 1. The third-order valence-corrected chi connectivity index (χ3v) is 13.0. The summed E-state index contributed by atoms with van der Waals surface area (Å²) in [5.74, 6) is -2.61. The number of aliphatic carboxylic acids is 1. The first-order valence-corrected chi connectivity index (χ1v) is 20.1. The van der Waals surface area contributed by atoms with E-state index in [-0.39, 0.29) is 34.4 Å². The fraction of sp³-hybridized carbons (Fsp3) is 0.385. The summed E-state index contributed by atoms with van der Waals surface area (Å²) in [5.41, 5.74) is -0.482. The van der Waals surface area contributed by atoms with Crippen LogP contribution in [0.15, 0.2) is 71.5 Å². The Bertz CT molecular complexity index is 2330. The molecule has 1 saturated heterocycles. The van der Waals surface area contributed by atoms with Crippen molar-refractivity contribution in [1.82, 2.24) is 24.9 Å². The summed E-state index contributed by atoms with van der Waals surface area (Å²) in [6.45, 7) is 11.4. The number of benzene rings is 2. The molecule has 17 heteroatoms. The number of carbonyl (C=O) groups is 4. The molecule has 0 bridgehead atoms. The standard InChI is InChI=1S/C39H44N6O9S2/c1-8-24-19-39(24,36(49)50)43-33(47)30-17-26(54-31-18-28(23-12-10-9-11-13-23)42-29-16-25(53-7)14-15-27(29)31)20-45(30)34(48)32(38(4,5)6)44-56(51,52)35-21(2)40-37(55-35)41-22(3)46/h8-16,18,24,26,30,32,44H,1,17,19-20H2,2-7H3,(H,43,47)(H,49,50)(H,40,41,46)/t24-,26+,30-,32+,39?/m0/s1. The average molecular weight is 805 g/mol. The molecule has 15 nitrogen and oxygen atoms in total. The topological polar surface area (TPSA) is 206 Å². The van der Waals surface area contributed by atoms with Crippen LogP contribution in [0.1, 0.15) is 46.2 Å². The maximum atomic E-state index is 14.7. The molecule has 2 fully saturated rings. The van der Waals surface area contributed by atoms with E-state index in [0.29, 0.717) is 28.1 Å². The van der Waals surface area contributed by atoms with Gasteiger partial charge in [0.05, 0.1) is 30.6 Å². The minimum atomic E-state index is -4.40. The van der Waals surface area contributed by atoms with Crippen molar-refractivity contribution in [3.8, 4) is 22.8 Å². The molecule has 1 unspecified atom stereocenters. The molecule has 1 aliphatic carbocycles. The molecule has 3 heterocycles. The van der Waals surface area contributed by atoms with E-state index >= 15 is 0 Å². The van der Waals surface area contributed by atoms with Crippen LogP contribution in [0.25, 0.3) is 22.2 Å². The normalized spacial score (nSPS) is 21.2. The van der Waals surface area contributed by atoms with Crippen LogP contribution in [0.4, 0.5) is 5.13 Å². The molecule has 0 spiro atoms. The zero-order valence-electron chi connectivity index (χ0n) is 31.8. The van der Waals surface area contributed by atoms with E-state index < -0.39 is 68.8 Å². The first-order valence-electron chi connectivity index (χ1n) is 17.8. The van der Waals surface area contributed by atoms with Crippen LogP contribution >= 0.6 is 11.3 Å². The molecule has 296 valence electrons. The van der Waals surface area contributed by atoms with Crippen molar-refractivity contribution >= 4 is 61.1 Å². The lowest BCUT2D eigenvalue weighted by Gasteiger charge is -2.35. The number of carboxylic acids is 1. The van der Waals surface area contributed by atoms with Gasteiger partial charge in [0, 0.05) is 42.3 Å². The minimum absolute atomic E-state index is 0.0374. The van der Waals surface area contributed by atoms with E-state index in [4.69, 9.17) is 14.5 Å². The smallest absolute Gasteiger partial charge is 0.330 e. The van der Waals surface area contributed by atoms with Gasteiger partial charge in [-0.05, 0) is 30.9 Å². The molecule has 56 heavy (non-hydrogen) atoms. The van der Waals surface area contributed by atoms with Crippen LogP contribution in [-0.2, 0) is 29.2 Å². The van der Waals surface area contributed by atoms with Crippen molar-refractivity contribution in [3.63, 3.8) is 0 Å². The maximum absolute atomic E-state index is 14.7.